The summed E-state index contributed by atoms with van der Waals surface area (Å²) < 4.78 is 16.8. The Labute approximate surface area is 239 Å². The number of carbonyl (C=O) groups is 1. The van der Waals surface area contributed by atoms with Crippen LogP contribution in [0.4, 0.5) is 0 Å². The fraction of sp³-hybridized carbons (Fsp3) is 0.559. The second-order valence-corrected chi connectivity index (χ2v) is 11.9. The van der Waals surface area contributed by atoms with Crippen LogP contribution in [0.15, 0.2) is 58.0 Å². The molecule has 0 radical (unpaired) electrons. The van der Waals surface area contributed by atoms with E-state index in [0.717, 1.165) is 55.2 Å². The monoisotopic (exact) mass is 549 g/mol. The van der Waals surface area contributed by atoms with Crippen LogP contribution >= 0.6 is 0 Å². The maximum atomic E-state index is 12.4. The number of aromatic nitrogens is 1. The van der Waals surface area contributed by atoms with Gasteiger partial charge in [-0.2, -0.15) is 0 Å². The van der Waals surface area contributed by atoms with Crippen molar-refractivity contribution >= 4 is 16.9 Å². The number of unbranched alkanes of at least 4 members (excludes halogenated alkanes) is 8. The van der Waals surface area contributed by atoms with Crippen molar-refractivity contribution in [1.82, 2.24) is 4.98 Å². The Kier molecular flexibility index (Phi) is 12.7. The van der Waals surface area contributed by atoms with Gasteiger partial charge in [-0.3, -0.25) is 9.78 Å². The Morgan fingerprint density at radius 2 is 1.52 bits per heavy atom. The summed E-state index contributed by atoms with van der Waals surface area (Å²) in [4.78, 5) is 28.7. The van der Waals surface area contributed by atoms with Gasteiger partial charge >= 0.3 is 11.6 Å². The standard InChI is InChI=1S/C34H47NO5/c1-26(2)18-20-34(3,4)33(37)39-23-13-11-9-7-5-6-8-10-12-22-38-29-16-14-27(15-17-29)30-24-28-19-21-35-25-31(28)40-32(30)36/h14-17,19,21,24-26H,5-13,18,20,22-23H2,1-4H3. The fourth-order valence-electron chi connectivity index (χ4n) is 4.64. The van der Waals surface area contributed by atoms with Gasteiger partial charge in [-0.1, -0.05) is 70.9 Å². The van der Waals surface area contributed by atoms with E-state index < -0.39 is 0 Å². The number of benzene rings is 1. The zero-order chi connectivity index (χ0) is 28.8. The van der Waals surface area contributed by atoms with E-state index in [9.17, 15) is 9.59 Å². The Balaban J connectivity index is 1.19. The average molecular weight is 550 g/mol. The Morgan fingerprint density at radius 3 is 2.17 bits per heavy atom. The molecule has 40 heavy (non-hydrogen) atoms. The van der Waals surface area contributed by atoms with Crippen molar-refractivity contribution in [2.24, 2.45) is 11.3 Å². The maximum absolute atomic E-state index is 12.4. The number of pyridine rings is 1. The number of nitrogens with zero attached hydrogens (tertiary/aromatic N) is 1. The summed E-state index contributed by atoms with van der Waals surface area (Å²) in [5.74, 6) is 1.36. The highest BCUT2D eigenvalue weighted by Crippen LogP contribution is 2.27. The number of esters is 1. The van der Waals surface area contributed by atoms with Crippen molar-refractivity contribution < 1.29 is 18.7 Å². The lowest BCUT2D eigenvalue weighted by molar-refractivity contribution is -0.154. The smallest absolute Gasteiger partial charge is 0.344 e. The number of hydrogen-bond donors (Lipinski definition) is 0. The van der Waals surface area contributed by atoms with E-state index in [-0.39, 0.29) is 17.0 Å². The van der Waals surface area contributed by atoms with Crippen molar-refractivity contribution in [2.75, 3.05) is 13.2 Å². The van der Waals surface area contributed by atoms with Gasteiger partial charge in [-0.05, 0) is 75.3 Å². The summed E-state index contributed by atoms with van der Waals surface area (Å²) in [5.41, 5.74) is 1.08. The van der Waals surface area contributed by atoms with Gasteiger partial charge in [-0.15, -0.1) is 0 Å². The molecule has 0 spiro atoms. The van der Waals surface area contributed by atoms with Crippen LogP contribution in [0.25, 0.3) is 22.1 Å². The summed E-state index contributed by atoms with van der Waals surface area (Å²) in [6.45, 7) is 9.60. The van der Waals surface area contributed by atoms with Crippen LogP contribution in [0, 0.1) is 11.3 Å². The molecule has 0 aliphatic heterocycles. The number of ether oxygens (including phenoxy) is 2. The molecule has 3 aromatic rings. The first-order chi connectivity index (χ1) is 19.3. The molecular formula is C34H47NO5. The third-order valence-corrected chi connectivity index (χ3v) is 7.39. The number of rotatable bonds is 18. The first-order valence-electron chi connectivity index (χ1n) is 15.0. The number of carbonyl (C=O) groups excluding carboxylic acids is 1. The lowest BCUT2D eigenvalue weighted by Gasteiger charge is -2.23. The molecule has 0 unspecified atom stereocenters. The van der Waals surface area contributed by atoms with Crippen molar-refractivity contribution in [1.29, 1.82) is 0 Å². The summed E-state index contributed by atoms with van der Waals surface area (Å²) in [5, 5.41) is 0.847. The highest BCUT2D eigenvalue weighted by molar-refractivity contribution is 5.80. The van der Waals surface area contributed by atoms with Gasteiger partial charge in [-0.25, -0.2) is 4.79 Å². The second kappa shape index (κ2) is 16.2. The SMILES string of the molecule is CC(C)CCC(C)(C)C(=O)OCCCCCCCCCCCOc1ccc(-c2cc3ccncc3oc2=O)cc1. The lowest BCUT2D eigenvalue weighted by Crippen LogP contribution is -2.27. The van der Waals surface area contributed by atoms with Crippen molar-refractivity contribution in [2.45, 2.75) is 98.3 Å². The fourth-order valence-corrected chi connectivity index (χ4v) is 4.64. The summed E-state index contributed by atoms with van der Waals surface area (Å²) in [7, 11) is 0. The topological polar surface area (TPSA) is 78.6 Å². The minimum Gasteiger partial charge on any atom is -0.494 e. The van der Waals surface area contributed by atoms with E-state index in [0.29, 0.717) is 30.3 Å². The Bertz CT molecular complexity index is 1230. The van der Waals surface area contributed by atoms with E-state index in [4.69, 9.17) is 13.9 Å². The molecule has 0 N–H and O–H groups in total. The van der Waals surface area contributed by atoms with Gasteiger partial charge in [0.1, 0.15) is 5.75 Å². The van der Waals surface area contributed by atoms with Crippen LogP contribution in [0.2, 0.25) is 0 Å². The minimum absolute atomic E-state index is 0.0533. The van der Waals surface area contributed by atoms with Gasteiger partial charge in [0.05, 0.1) is 30.4 Å². The molecule has 0 aliphatic rings. The molecule has 218 valence electrons. The van der Waals surface area contributed by atoms with E-state index in [1.807, 2.05) is 50.2 Å². The first kappa shape index (κ1) is 31.4. The predicted octanol–water partition coefficient (Wildman–Crippen LogP) is 8.75. The molecule has 0 saturated carbocycles. The first-order valence-corrected chi connectivity index (χ1v) is 15.0. The zero-order valence-electron chi connectivity index (χ0n) is 24.9. The van der Waals surface area contributed by atoms with Crippen molar-refractivity contribution in [3.63, 3.8) is 0 Å². The minimum atomic E-state index is -0.379. The van der Waals surface area contributed by atoms with Crippen molar-refractivity contribution in [3.8, 4) is 16.9 Å². The second-order valence-electron chi connectivity index (χ2n) is 11.9. The molecule has 0 saturated heterocycles. The number of hydrogen-bond acceptors (Lipinski definition) is 6. The van der Waals surface area contributed by atoms with Gasteiger partial charge < -0.3 is 13.9 Å². The van der Waals surface area contributed by atoms with Crippen LogP contribution in [0.3, 0.4) is 0 Å². The molecule has 0 bridgehead atoms. The average Bonchev–Trinajstić information content (AvgIpc) is 2.94. The number of fused-ring (bicyclic) bond motifs is 1. The van der Waals surface area contributed by atoms with E-state index >= 15 is 0 Å². The molecule has 6 heteroatoms. The molecule has 0 amide bonds. The van der Waals surface area contributed by atoms with E-state index in [1.54, 1.807) is 12.4 Å². The molecule has 2 aromatic heterocycles. The molecule has 0 aliphatic carbocycles. The van der Waals surface area contributed by atoms with Gasteiger partial charge in [0.2, 0.25) is 0 Å². The highest BCUT2D eigenvalue weighted by Gasteiger charge is 2.29. The normalized spacial score (nSPS) is 11.7. The van der Waals surface area contributed by atoms with Crippen LogP contribution in [0.1, 0.15) is 98.3 Å². The molecular weight excluding hydrogens is 502 g/mol. The Morgan fingerprint density at radius 1 is 0.900 bits per heavy atom. The predicted molar refractivity (Wildman–Crippen MR) is 162 cm³/mol. The summed E-state index contributed by atoms with van der Waals surface area (Å²) >= 11 is 0. The highest BCUT2D eigenvalue weighted by atomic mass is 16.5. The largest absolute Gasteiger partial charge is 0.494 e. The van der Waals surface area contributed by atoms with Crippen LogP contribution in [0.5, 0.6) is 5.75 Å². The summed E-state index contributed by atoms with van der Waals surface area (Å²) in [6.07, 6.45) is 15.6. The third kappa shape index (κ3) is 10.4. The molecule has 6 nitrogen and oxygen atoms in total. The van der Waals surface area contributed by atoms with Gasteiger partial charge in [0.15, 0.2) is 5.58 Å². The molecule has 2 heterocycles. The molecule has 0 fully saturated rings. The van der Waals surface area contributed by atoms with Crippen LogP contribution < -0.4 is 10.4 Å². The third-order valence-electron chi connectivity index (χ3n) is 7.39. The van der Waals surface area contributed by atoms with E-state index in [2.05, 4.69) is 18.8 Å². The van der Waals surface area contributed by atoms with Crippen LogP contribution in [-0.4, -0.2) is 24.2 Å². The summed E-state index contributed by atoms with van der Waals surface area (Å²) in [6, 6.07) is 11.3. The lowest BCUT2D eigenvalue weighted by atomic mass is 9.85. The quantitative estimate of drug-likeness (QED) is 0.117. The molecule has 0 atom stereocenters. The maximum Gasteiger partial charge on any atom is 0.344 e. The van der Waals surface area contributed by atoms with Crippen LogP contribution in [-0.2, 0) is 9.53 Å². The zero-order valence-corrected chi connectivity index (χ0v) is 24.9. The van der Waals surface area contributed by atoms with Gasteiger partial charge in [0, 0.05) is 11.6 Å². The molecule has 1 aromatic carbocycles. The van der Waals surface area contributed by atoms with Gasteiger partial charge in [0.25, 0.3) is 0 Å². The van der Waals surface area contributed by atoms with Crippen molar-refractivity contribution in [3.05, 3.63) is 59.2 Å². The van der Waals surface area contributed by atoms with E-state index in [1.165, 1.54) is 32.1 Å². The Hall–Kier alpha value is -3.15. The molecule has 3 rings (SSSR count).